The summed E-state index contributed by atoms with van der Waals surface area (Å²) in [6, 6.07) is 4.74. The van der Waals surface area contributed by atoms with Gasteiger partial charge in [0.25, 0.3) is 5.91 Å². The van der Waals surface area contributed by atoms with Crippen LogP contribution >= 0.6 is 24.0 Å². The molecular weight excluding hydrogens is 317 g/mol. The van der Waals surface area contributed by atoms with E-state index in [2.05, 4.69) is 16.0 Å². The highest BCUT2D eigenvalue weighted by molar-refractivity contribution is 6.34. The van der Waals surface area contributed by atoms with Gasteiger partial charge in [0, 0.05) is 19.3 Å². The second kappa shape index (κ2) is 10.4. The summed E-state index contributed by atoms with van der Waals surface area (Å²) in [6.45, 7) is 1.05. The SMILES string of the molecule is CNCC(=O)Nc1ccc(C(=O)NCCOC)c(Cl)c1.Cl. The summed E-state index contributed by atoms with van der Waals surface area (Å²) in [4.78, 5) is 23.2. The summed E-state index contributed by atoms with van der Waals surface area (Å²) in [6.07, 6.45) is 0. The van der Waals surface area contributed by atoms with E-state index in [9.17, 15) is 9.59 Å². The number of likely N-dealkylation sites (N-methyl/N-ethyl adjacent to an activating group) is 1. The Kier molecular flexibility index (Phi) is 9.73. The maximum atomic E-state index is 11.8. The molecule has 0 saturated carbocycles. The standard InChI is InChI=1S/C13H18ClN3O3.ClH/c1-15-8-12(18)17-9-3-4-10(11(14)7-9)13(19)16-5-6-20-2;/h3-4,7,15H,5-6,8H2,1-2H3,(H,16,19)(H,17,18);1H. The van der Waals surface area contributed by atoms with Gasteiger partial charge in [0.15, 0.2) is 0 Å². The summed E-state index contributed by atoms with van der Waals surface area (Å²) in [5, 5.41) is 8.36. The highest BCUT2D eigenvalue weighted by Gasteiger charge is 2.11. The second-order valence-corrected chi connectivity index (χ2v) is 4.43. The van der Waals surface area contributed by atoms with Crippen molar-refractivity contribution in [2.45, 2.75) is 0 Å². The first-order valence-corrected chi connectivity index (χ1v) is 6.47. The number of methoxy groups -OCH3 is 1. The molecule has 1 rings (SSSR count). The number of halogens is 2. The molecule has 0 unspecified atom stereocenters. The molecule has 0 spiro atoms. The van der Waals surface area contributed by atoms with Crippen LogP contribution in [0.4, 0.5) is 5.69 Å². The van der Waals surface area contributed by atoms with Gasteiger partial charge in [0.05, 0.1) is 23.7 Å². The van der Waals surface area contributed by atoms with Gasteiger partial charge in [-0.3, -0.25) is 9.59 Å². The van der Waals surface area contributed by atoms with Crippen molar-refractivity contribution in [1.29, 1.82) is 0 Å². The van der Waals surface area contributed by atoms with Gasteiger partial charge in [-0.2, -0.15) is 0 Å². The van der Waals surface area contributed by atoms with Gasteiger partial charge < -0.3 is 20.7 Å². The summed E-state index contributed by atoms with van der Waals surface area (Å²) in [7, 11) is 3.24. The number of anilines is 1. The zero-order valence-electron chi connectivity index (χ0n) is 11.9. The molecule has 1 aromatic rings. The molecule has 0 aromatic heterocycles. The molecule has 0 fully saturated rings. The molecule has 0 saturated heterocycles. The Balaban J connectivity index is 0.00000400. The number of rotatable bonds is 7. The Labute approximate surface area is 135 Å². The van der Waals surface area contributed by atoms with E-state index in [0.29, 0.717) is 24.4 Å². The number of hydrogen-bond donors (Lipinski definition) is 3. The summed E-state index contributed by atoms with van der Waals surface area (Å²) >= 11 is 6.04. The molecule has 0 bridgehead atoms. The van der Waals surface area contributed by atoms with Crippen molar-refractivity contribution in [3.8, 4) is 0 Å². The zero-order chi connectivity index (χ0) is 15.0. The quantitative estimate of drug-likeness (QED) is 0.656. The number of carbonyl (C=O) groups excluding carboxylic acids is 2. The molecule has 118 valence electrons. The molecule has 0 aliphatic carbocycles. The molecule has 3 N–H and O–H groups in total. The van der Waals surface area contributed by atoms with E-state index < -0.39 is 0 Å². The zero-order valence-corrected chi connectivity index (χ0v) is 13.4. The van der Waals surface area contributed by atoms with Crippen LogP contribution in [0.25, 0.3) is 0 Å². The molecule has 21 heavy (non-hydrogen) atoms. The van der Waals surface area contributed by atoms with Gasteiger partial charge in [0.2, 0.25) is 5.91 Å². The molecule has 0 aliphatic rings. The van der Waals surface area contributed by atoms with E-state index in [-0.39, 0.29) is 35.8 Å². The fourth-order valence-electron chi connectivity index (χ4n) is 1.50. The summed E-state index contributed by atoms with van der Waals surface area (Å²) < 4.78 is 4.84. The average Bonchev–Trinajstić information content (AvgIpc) is 2.39. The Morgan fingerprint density at radius 2 is 2.05 bits per heavy atom. The smallest absolute Gasteiger partial charge is 0.252 e. The lowest BCUT2D eigenvalue weighted by Gasteiger charge is -2.09. The molecule has 8 heteroatoms. The summed E-state index contributed by atoms with van der Waals surface area (Å²) in [5.41, 5.74) is 0.901. The third kappa shape index (κ3) is 6.77. The van der Waals surface area contributed by atoms with Gasteiger partial charge in [-0.25, -0.2) is 0 Å². The lowest BCUT2D eigenvalue weighted by Crippen LogP contribution is -2.27. The fourth-order valence-corrected chi connectivity index (χ4v) is 1.77. The predicted molar refractivity (Wildman–Crippen MR) is 85.5 cm³/mol. The normalized spacial score (nSPS) is 9.67. The van der Waals surface area contributed by atoms with Crippen LogP contribution in [0.3, 0.4) is 0 Å². The minimum Gasteiger partial charge on any atom is -0.383 e. The third-order valence-corrected chi connectivity index (χ3v) is 2.74. The highest BCUT2D eigenvalue weighted by Crippen LogP contribution is 2.20. The molecule has 0 heterocycles. The molecule has 2 amide bonds. The summed E-state index contributed by atoms with van der Waals surface area (Å²) in [5.74, 6) is -0.457. The first-order valence-electron chi connectivity index (χ1n) is 6.09. The van der Waals surface area contributed by atoms with Crippen LogP contribution in [-0.2, 0) is 9.53 Å². The van der Waals surface area contributed by atoms with Crippen molar-refractivity contribution in [2.24, 2.45) is 0 Å². The average molecular weight is 336 g/mol. The van der Waals surface area contributed by atoms with Crippen molar-refractivity contribution < 1.29 is 14.3 Å². The van der Waals surface area contributed by atoms with Gasteiger partial charge in [0.1, 0.15) is 0 Å². The van der Waals surface area contributed by atoms with E-state index >= 15 is 0 Å². The largest absolute Gasteiger partial charge is 0.383 e. The number of carbonyl (C=O) groups is 2. The minimum atomic E-state index is -0.278. The van der Waals surface area contributed by atoms with Crippen molar-refractivity contribution in [1.82, 2.24) is 10.6 Å². The Bertz CT molecular complexity index is 484. The van der Waals surface area contributed by atoms with Gasteiger partial charge in [-0.15, -0.1) is 12.4 Å². The first kappa shape index (κ1) is 19.7. The molecule has 0 radical (unpaired) electrons. The fraction of sp³-hybridized carbons (Fsp3) is 0.385. The van der Waals surface area contributed by atoms with E-state index in [4.69, 9.17) is 16.3 Å². The lowest BCUT2D eigenvalue weighted by molar-refractivity contribution is -0.115. The van der Waals surface area contributed by atoms with Crippen molar-refractivity contribution in [2.75, 3.05) is 39.2 Å². The van der Waals surface area contributed by atoms with E-state index in [1.54, 1.807) is 32.4 Å². The number of amides is 2. The maximum Gasteiger partial charge on any atom is 0.252 e. The van der Waals surface area contributed by atoms with Crippen LogP contribution in [0.5, 0.6) is 0 Å². The topological polar surface area (TPSA) is 79.5 Å². The molecule has 6 nitrogen and oxygen atoms in total. The van der Waals surface area contributed by atoms with Crippen molar-refractivity contribution >= 4 is 41.5 Å². The maximum absolute atomic E-state index is 11.8. The lowest BCUT2D eigenvalue weighted by atomic mass is 10.2. The van der Waals surface area contributed by atoms with Gasteiger partial charge in [-0.05, 0) is 25.2 Å². The van der Waals surface area contributed by atoms with Crippen LogP contribution < -0.4 is 16.0 Å². The number of nitrogens with one attached hydrogen (secondary N) is 3. The van der Waals surface area contributed by atoms with Crippen LogP contribution in [0.15, 0.2) is 18.2 Å². The van der Waals surface area contributed by atoms with Crippen LogP contribution in [0.2, 0.25) is 5.02 Å². The highest BCUT2D eigenvalue weighted by atomic mass is 35.5. The van der Waals surface area contributed by atoms with E-state index in [0.717, 1.165) is 0 Å². The van der Waals surface area contributed by atoms with Crippen LogP contribution in [-0.4, -0.2) is 45.7 Å². The number of benzene rings is 1. The van der Waals surface area contributed by atoms with E-state index in [1.807, 2.05) is 0 Å². The minimum absolute atomic E-state index is 0. The van der Waals surface area contributed by atoms with Crippen molar-refractivity contribution in [3.05, 3.63) is 28.8 Å². The molecule has 1 aromatic carbocycles. The monoisotopic (exact) mass is 335 g/mol. The Morgan fingerprint density at radius 1 is 1.33 bits per heavy atom. The second-order valence-electron chi connectivity index (χ2n) is 4.02. The molecular formula is C13H19Cl2N3O3. The van der Waals surface area contributed by atoms with Crippen LogP contribution in [0, 0.1) is 0 Å². The van der Waals surface area contributed by atoms with Gasteiger partial charge >= 0.3 is 0 Å². The Morgan fingerprint density at radius 3 is 2.62 bits per heavy atom. The number of ether oxygens (including phenoxy) is 1. The van der Waals surface area contributed by atoms with E-state index in [1.165, 1.54) is 0 Å². The Hall–Kier alpha value is -1.34. The van der Waals surface area contributed by atoms with Crippen molar-refractivity contribution in [3.63, 3.8) is 0 Å². The van der Waals surface area contributed by atoms with Gasteiger partial charge in [-0.1, -0.05) is 11.6 Å². The first-order chi connectivity index (χ1) is 9.58. The molecule has 0 aliphatic heterocycles. The number of hydrogen-bond acceptors (Lipinski definition) is 4. The third-order valence-electron chi connectivity index (χ3n) is 2.43. The van der Waals surface area contributed by atoms with Crippen LogP contribution in [0.1, 0.15) is 10.4 Å². The predicted octanol–water partition coefficient (Wildman–Crippen LogP) is 1.30. The molecule has 0 atom stereocenters.